The van der Waals surface area contributed by atoms with Crippen molar-refractivity contribution in [1.82, 2.24) is 10.2 Å². The summed E-state index contributed by atoms with van der Waals surface area (Å²) in [5.41, 5.74) is -1.20. The van der Waals surface area contributed by atoms with Crippen molar-refractivity contribution in [3.8, 4) is 0 Å². The highest BCUT2D eigenvalue weighted by molar-refractivity contribution is 9.09. The van der Waals surface area contributed by atoms with Gasteiger partial charge in [0.05, 0.1) is 30.6 Å². The number of carbonyl (C=O) groups is 4. The Hall–Kier alpha value is -2.49. The van der Waals surface area contributed by atoms with E-state index in [1.165, 1.54) is 25.8 Å². The number of amides is 2. The summed E-state index contributed by atoms with van der Waals surface area (Å²) in [6.07, 6.45) is -1.24. The molecule has 2 heterocycles. The topological polar surface area (TPSA) is 170 Å². The smallest absolute Gasteiger partial charge is 0.358 e. The standard InChI is InChI=1S/C22H30BrN3O10S/c1-11(36-21(31)22(2,3)4)35-20(30)16-12(9-34-7-6-33-5)10-37-19-15(18(29)26(16)19)24-17(28)14(25-32)13(27)8-23/h11,15,19,27H,6-10H2,1-5H3,(H,24,28)/t11?,15?,19-/m1/s1. The van der Waals surface area contributed by atoms with Crippen molar-refractivity contribution in [3.05, 3.63) is 27.6 Å². The minimum atomic E-state index is -1.24. The number of aliphatic hydroxyl groups is 1. The molecule has 1 saturated heterocycles. The first-order chi connectivity index (χ1) is 17.4. The Morgan fingerprint density at radius 3 is 2.51 bits per heavy atom. The Labute approximate surface area is 226 Å². The van der Waals surface area contributed by atoms with Gasteiger partial charge in [-0.2, -0.15) is 0 Å². The van der Waals surface area contributed by atoms with Crippen molar-refractivity contribution in [2.24, 2.45) is 10.6 Å². The van der Waals surface area contributed by atoms with Crippen LogP contribution in [0.25, 0.3) is 0 Å². The number of rotatable bonds is 12. The molecule has 1 fully saturated rings. The van der Waals surface area contributed by atoms with Crippen molar-refractivity contribution in [3.63, 3.8) is 0 Å². The highest BCUT2D eigenvalue weighted by atomic mass is 79.9. The number of nitrogens with zero attached hydrogens (tertiary/aromatic N) is 2. The van der Waals surface area contributed by atoms with Crippen LogP contribution in [0.15, 0.2) is 27.9 Å². The van der Waals surface area contributed by atoms with E-state index in [0.717, 1.165) is 4.90 Å². The number of hydrogen-bond acceptors (Lipinski definition) is 12. The van der Waals surface area contributed by atoms with Crippen LogP contribution in [-0.2, 0) is 38.1 Å². The number of aliphatic hydroxyl groups excluding tert-OH is 1. The van der Waals surface area contributed by atoms with Gasteiger partial charge in [-0.3, -0.25) is 19.3 Å². The number of halogens is 1. The number of carbonyl (C=O) groups excluding carboxylic acids is 4. The van der Waals surface area contributed by atoms with Gasteiger partial charge in [-0.05, 0) is 31.5 Å². The molecule has 0 aromatic heterocycles. The molecular formula is C22H30BrN3O10S. The zero-order chi connectivity index (χ0) is 27.9. The van der Waals surface area contributed by atoms with Crippen molar-refractivity contribution >= 4 is 51.4 Å². The molecule has 0 radical (unpaired) electrons. The first-order valence-electron chi connectivity index (χ1n) is 11.1. The van der Waals surface area contributed by atoms with E-state index in [4.69, 9.17) is 18.9 Å². The molecule has 0 saturated carbocycles. The Kier molecular flexibility index (Phi) is 11.1. The molecule has 0 aromatic rings. The number of esters is 2. The van der Waals surface area contributed by atoms with E-state index in [9.17, 15) is 29.2 Å². The van der Waals surface area contributed by atoms with Gasteiger partial charge in [-0.15, -0.1) is 16.7 Å². The van der Waals surface area contributed by atoms with E-state index in [-0.39, 0.29) is 30.0 Å². The van der Waals surface area contributed by atoms with Crippen LogP contribution in [-0.4, -0.2) is 89.5 Å². The molecule has 15 heteroatoms. The van der Waals surface area contributed by atoms with Crippen LogP contribution in [0.2, 0.25) is 0 Å². The van der Waals surface area contributed by atoms with Crippen LogP contribution in [0, 0.1) is 10.3 Å². The molecule has 37 heavy (non-hydrogen) atoms. The number of β-lactam (4-membered cyclic amide) rings is 1. The molecule has 0 bridgehead atoms. The molecule has 2 aliphatic rings. The lowest BCUT2D eigenvalue weighted by Gasteiger charge is -2.49. The molecule has 0 aliphatic carbocycles. The maximum Gasteiger partial charge on any atom is 0.358 e. The van der Waals surface area contributed by atoms with Crippen molar-refractivity contribution < 1.29 is 43.2 Å². The molecule has 206 valence electrons. The number of methoxy groups -OCH3 is 1. The summed E-state index contributed by atoms with van der Waals surface area (Å²) in [4.78, 5) is 62.9. The molecule has 13 nitrogen and oxygen atoms in total. The van der Waals surface area contributed by atoms with Gasteiger partial charge < -0.3 is 29.4 Å². The van der Waals surface area contributed by atoms with Gasteiger partial charge in [0.2, 0.25) is 12.0 Å². The van der Waals surface area contributed by atoms with Crippen LogP contribution < -0.4 is 5.32 Å². The number of thioether (sulfide) groups is 1. The number of allylic oxidation sites excluding steroid dienone is 1. The van der Waals surface area contributed by atoms with Gasteiger partial charge in [0.15, 0.2) is 0 Å². The van der Waals surface area contributed by atoms with E-state index in [1.807, 2.05) is 0 Å². The molecular weight excluding hydrogens is 578 g/mol. The largest absolute Gasteiger partial charge is 0.509 e. The second kappa shape index (κ2) is 13.3. The Balaban J connectivity index is 2.24. The van der Waals surface area contributed by atoms with Crippen molar-refractivity contribution in [2.75, 3.05) is 38.0 Å². The predicted molar refractivity (Wildman–Crippen MR) is 135 cm³/mol. The summed E-state index contributed by atoms with van der Waals surface area (Å²) in [7, 11) is 1.51. The molecule has 2 rings (SSSR count). The summed E-state index contributed by atoms with van der Waals surface area (Å²) >= 11 is 4.18. The predicted octanol–water partition coefficient (Wildman–Crippen LogP) is 1.71. The molecule has 2 unspecified atom stereocenters. The summed E-state index contributed by atoms with van der Waals surface area (Å²) in [6, 6.07) is -1.09. The lowest BCUT2D eigenvalue weighted by atomic mass is 9.97. The van der Waals surface area contributed by atoms with E-state index < -0.39 is 58.3 Å². The second-order valence-electron chi connectivity index (χ2n) is 9.01. The minimum absolute atomic E-state index is 0.00550. The van der Waals surface area contributed by atoms with Crippen molar-refractivity contribution in [1.29, 1.82) is 0 Å². The molecule has 2 aliphatic heterocycles. The Morgan fingerprint density at radius 2 is 1.95 bits per heavy atom. The summed E-state index contributed by atoms with van der Waals surface area (Å²) < 4.78 is 21.0. The van der Waals surface area contributed by atoms with E-state index in [2.05, 4.69) is 26.4 Å². The molecule has 0 spiro atoms. The van der Waals surface area contributed by atoms with Gasteiger partial charge in [0.1, 0.15) is 22.9 Å². The van der Waals surface area contributed by atoms with Crippen LogP contribution in [0.5, 0.6) is 0 Å². The molecule has 2 N–H and O–H groups in total. The average molecular weight is 608 g/mol. The Bertz CT molecular complexity index is 994. The number of fused-ring (bicyclic) bond motifs is 1. The number of nitroso groups, excluding NO2 is 1. The third-order valence-electron chi connectivity index (χ3n) is 5.10. The number of hydrogen-bond donors (Lipinski definition) is 2. The third-order valence-corrected chi connectivity index (χ3v) is 6.97. The lowest BCUT2D eigenvalue weighted by Crippen LogP contribution is -2.70. The molecule has 0 aromatic carbocycles. The van der Waals surface area contributed by atoms with Gasteiger partial charge in [0, 0.05) is 19.8 Å². The SMILES string of the molecule is COCCOCC1=C(C(=O)OC(C)OC(=O)C(C)(C)C)N2C(=O)C(NC(=O)C(N=O)=C(O)CBr)[C@H]2SC1. The fraction of sp³-hybridized carbons (Fsp3) is 0.636. The second-order valence-corrected chi connectivity index (χ2v) is 10.7. The maximum absolute atomic E-state index is 13.1. The van der Waals surface area contributed by atoms with Gasteiger partial charge in [-0.1, -0.05) is 15.9 Å². The van der Waals surface area contributed by atoms with Crippen molar-refractivity contribution in [2.45, 2.75) is 45.4 Å². The monoisotopic (exact) mass is 607 g/mol. The zero-order valence-corrected chi connectivity index (χ0v) is 23.5. The lowest BCUT2D eigenvalue weighted by molar-refractivity contribution is -0.190. The highest BCUT2D eigenvalue weighted by Gasteiger charge is 2.55. The number of ether oxygens (including phenoxy) is 4. The van der Waals surface area contributed by atoms with Crippen LogP contribution >= 0.6 is 27.7 Å². The summed E-state index contributed by atoms with van der Waals surface area (Å²) in [6.45, 7) is 6.90. The minimum Gasteiger partial charge on any atom is -0.509 e. The number of nitrogens with one attached hydrogen (secondary N) is 1. The Morgan fingerprint density at radius 1 is 1.27 bits per heavy atom. The zero-order valence-electron chi connectivity index (χ0n) is 21.1. The molecule has 3 atom stereocenters. The van der Waals surface area contributed by atoms with Crippen LogP contribution in [0.1, 0.15) is 27.7 Å². The van der Waals surface area contributed by atoms with E-state index in [1.54, 1.807) is 20.8 Å². The summed E-state index contributed by atoms with van der Waals surface area (Å²) in [5.74, 6) is -3.50. The highest BCUT2D eigenvalue weighted by Crippen LogP contribution is 2.41. The van der Waals surface area contributed by atoms with Crippen LogP contribution in [0.3, 0.4) is 0 Å². The third kappa shape index (κ3) is 7.52. The maximum atomic E-state index is 13.1. The van der Waals surface area contributed by atoms with Gasteiger partial charge in [0.25, 0.3) is 11.8 Å². The normalized spacial score (nSPS) is 20.8. The quantitative estimate of drug-likeness (QED) is 0.0483. The molecule has 2 amide bonds. The summed E-state index contributed by atoms with van der Waals surface area (Å²) in [5, 5.41) is 13.7. The number of alkyl halides is 1. The van der Waals surface area contributed by atoms with E-state index >= 15 is 0 Å². The first-order valence-corrected chi connectivity index (χ1v) is 13.3. The average Bonchev–Trinajstić information content (AvgIpc) is 2.84. The fourth-order valence-electron chi connectivity index (χ4n) is 3.18. The van der Waals surface area contributed by atoms with Gasteiger partial charge >= 0.3 is 11.9 Å². The first kappa shape index (κ1) is 30.7. The van der Waals surface area contributed by atoms with Crippen LogP contribution in [0.4, 0.5) is 0 Å². The van der Waals surface area contributed by atoms with Gasteiger partial charge in [-0.25, -0.2) is 4.79 Å². The fourth-order valence-corrected chi connectivity index (χ4v) is 4.77. The van der Waals surface area contributed by atoms with E-state index in [0.29, 0.717) is 12.2 Å².